The molecule has 0 aromatic carbocycles. The second kappa shape index (κ2) is 5.80. The first kappa shape index (κ1) is 12.1. The van der Waals surface area contributed by atoms with Crippen LogP contribution in [-0.4, -0.2) is 31.1 Å². The quantitative estimate of drug-likeness (QED) is 0.867. The summed E-state index contributed by atoms with van der Waals surface area (Å²) < 4.78 is 0. The van der Waals surface area contributed by atoms with Crippen molar-refractivity contribution in [1.82, 2.24) is 10.2 Å². The molecule has 0 aliphatic carbocycles. The number of rotatable bonds is 4. The molecule has 0 amide bonds. The number of likely N-dealkylation sites (N-methyl/N-ethyl adjacent to an activating group) is 1. The van der Waals surface area contributed by atoms with E-state index >= 15 is 0 Å². The van der Waals surface area contributed by atoms with Crippen molar-refractivity contribution in [3.05, 3.63) is 22.4 Å². The number of thiophene rings is 1. The summed E-state index contributed by atoms with van der Waals surface area (Å²) >= 11 is 1.86. The zero-order valence-corrected chi connectivity index (χ0v) is 11.1. The Hall–Kier alpha value is -0.380. The summed E-state index contributed by atoms with van der Waals surface area (Å²) in [5.41, 5.74) is 0. The van der Waals surface area contributed by atoms with Gasteiger partial charge in [-0.2, -0.15) is 0 Å². The highest BCUT2D eigenvalue weighted by atomic mass is 32.1. The third kappa shape index (κ3) is 3.06. The highest BCUT2D eigenvalue weighted by Crippen LogP contribution is 2.24. The molecular formula is C13H22N2S. The minimum Gasteiger partial charge on any atom is -0.313 e. The van der Waals surface area contributed by atoms with E-state index < -0.39 is 0 Å². The van der Waals surface area contributed by atoms with E-state index in [2.05, 4.69) is 41.7 Å². The average Bonchev–Trinajstić information content (AvgIpc) is 2.83. The molecule has 1 aromatic heterocycles. The van der Waals surface area contributed by atoms with Crippen LogP contribution in [0, 0.1) is 0 Å². The molecule has 1 aliphatic heterocycles. The Kier molecular flexibility index (Phi) is 4.38. The van der Waals surface area contributed by atoms with Crippen LogP contribution in [0.3, 0.4) is 0 Å². The van der Waals surface area contributed by atoms with Gasteiger partial charge in [0, 0.05) is 23.5 Å². The topological polar surface area (TPSA) is 15.3 Å². The van der Waals surface area contributed by atoms with Crippen molar-refractivity contribution in [3.8, 4) is 0 Å². The van der Waals surface area contributed by atoms with E-state index in [1.807, 2.05) is 11.3 Å². The van der Waals surface area contributed by atoms with Gasteiger partial charge in [0.1, 0.15) is 0 Å². The largest absolute Gasteiger partial charge is 0.313 e. The highest BCUT2D eigenvalue weighted by Gasteiger charge is 2.18. The van der Waals surface area contributed by atoms with Crippen LogP contribution in [0.4, 0.5) is 0 Å². The third-order valence-electron chi connectivity index (χ3n) is 3.54. The van der Waals surface area contributed by atoms with Crippen molar-refractivity contribution in [2.45, 2.75) is 38.3 Å². The fourth-order valence-electron chi connectivity index (χ4n) is 2.33. The molecular weight excluding hydrogens is 216 g/mol. The van der Waals surface area contributed by atoms with Crippen LogP contribution < -0.4 is 5.32 Å². The van der Waals surface area contributed by atoms with Gasteiger partial charge in [-0.05, 0) is 44.8 Å². The summed E-state index contributed by atoms with van der Waals surface area (Å²) in [5, 5.41) is 5.78. The van der Waals surface area contributed by atoms with Gasteiger partial charge >= 0.3 is 0 Å². The van der Waals surface area contributed by atoms with E-state index in [9.17, 15) is 0 Å². The molecule has 0 radical (unpaired) electrons. The molecule has 1 aliphatic rings. The lowest BCUT2D eigenvalue weighted by Gasteiger charge is -2.31. The van der Waals surface area contributed by atoms with Gasteiger partial charge in [0.05, 0.1) is 0 Å². The lowest BCUT2D eigenvalue weighted by Crippen LogP contribution is -2.42. The molecule has 1 aromatic rings. The van der Waals surface area contributed by atoms with Crippen molar-refractivity contribution in [2.75, 3.05) is 20.1 Å². The summed E-state index contributed by atoms with van der Waals surface area (Å²) in [6, 6.07) is 5.62. The van der Waals surface area contributed by atoms with Crippen molar-refractivity contribution in [1.29, 1.82) is 0 Å². The van der Waals surface area contributed by atoms with Gasteiger partial charge in [-0.1, -0.05) is 12.5 Å². The van der Waals surface area contributed by atoms with Gasteiger partial charge in [-0.25, -0.2) is 0 Å². The van der Waals surface area contributed by atoms with Gasteiger partial charge < -0.3 is 5.32 Å². The molecule has 2 nitrogen and oxygen atoms in total. The van der Waals surface area contributed by atoms with Crippen molar-refractivity contribution in [2.24, 2.45) is 0 Å². The van der Waals surface area contributed by atoms with E-state index in [1.54, 1.807) is 0 Å². The van der Waals surface area contributed by atoms with E-state index in [0.717, 1.165) is 0 Å². The fraction of sp³-hybridized carbons (Fsp3) is 0.692. The molecule has 0 unspecified atom stereocenters. The summed E-state index contributed by atoms with van der Waals surface area (Å²) in [5.74, 6) is 0. The Morgan fingerprint density at radius 2 is 2.44 bits per heavy atom. The third-order valence-corrected chi connectivity index (χ3v) is 4.58. The molecule has 90 valence electrons. The number of nitrogens with zero attached hydrogens (tertiary/aromatic N) is 1. The Balaban J connectivity index is 1.84. The van der Waals surface area contributed by atoms with E-state index in [-0.39, 0.29) is 0 Å². The maximum absolute atomic E-state index is 3.61. The predicted octanol–water partition coefficient (Wildman–Crippen LogP) is 2.88. The summed E-state index contributed by atoms with van der Waals surface area (Å²) in [6.07, 6.45) is 4.07. The van der Waals surface area contributed by atoms with Gasteiger partial charge in [-0.15, -0.1) is 11.3 Å². The average molecular weight is 238 g/mol. The van der Waals surface area contributed by atoms with Crippen LogP contribution >= 0.6 is 11.3 Å². The molecule has 2 heterocycles. The van der Waals surface area contributed by atoms with Gasteiger partial charge in [0.15, 0.2) is 0 Å². The zero-order chi connectivity index (χ0) is 11.4. The van der Waals surface area contributed by atoms with Crippen LogP contribution in [-0.2, 0) is 0 Å². The van der Waals surface area contributed by atoms with Crippen LogP contribution in [0.1, 0.15) is 37.1 Å². The Morgan fingerprint density at radius 3 is 3.06 bits per heavy atom. The van der Waals surface area contributed by atoms with E-state index in [4.69, 9.17) is 0 Å². The minimum absolute atomic E-state index is 0.545. The lowest BCUT2D eigenvalue weighted by molar-refractivity contribution is 0.217. The molecule has 1 saturated heterocycles. The number of piperidine rings is 1. The second-order valence-corrected chi connectivity index (χ2v) is 5.76. The standard InChI is InChI=1S/C13H22N2S/c1-11(13-7-5-9-16-13)15(2)10-12-6-3-4-8-14-12/h5,7,9,11-12,14H,3-4,6,8,10H2,1-2H3/t11-,12-/m1/s1. The van der Waals surface area contributed by atoms with E-state index in [0.29, 0.717) is 12.1 Å². The summed E-state index contributed by atoms with van der Waals surface area (Å²) in [7, 11) is 2.24. The van der Waals surface area contributed by atoms with Crippen LogP contribution in [0.2, 0.25) is 0 Å². The van der Waals surface area contributed by atoms with Gasteiger partial charge in [0.25, 0.3) is 0 Å². The van der Waals surface area contributed by atoms with Gasteiger partial charge in [0.2, 0.25) is 0 Å². The fourth-order valence-corrected chi connectivity index (χ4v) is 3.18. The zero-order valence-electron chi connectivity index (χ0n) is 10.3. The number of hydrogen-bond donors (Lipinski definition) is 1. The van der Waals surface area contributed by atoms with Crippen LogP contribution in [0.5, 0.6) is 0 Å². The van der Waals surface area contributed by atoms with Crippen LogP contribution in [0.25, 0.3) is 0 Å². The Labute approximate surface area is 103 Å². The number of hydrogen-bond acceptors (Lipinski definition) is 3. The SMILES string of the molecule is C[C@H](c1cccs1)N(C)C[C@H]1CCCCN1. The molecule has 2 rings (SSSR count). The van der Waals surface area contributed by atoms with Crippen LogP contribution in [0.15, 0.2) is 17.5 Å². The molecule has 2 atom stereocenters. The summed E-state index contributed by atoms with van der Waals surface area (Å²) in [6.45, 7) is 4.67. The lowest BCUT2D eigenvalue weighted by atomic mass is 10.0. The first-order valence-electron chi connectivity index (χ1n) is 6.24. The molecule has 1 fully saturated rings. The smallest absolute Gasteiger partial charge is 0.0410 e. The maximum Gasteiger partial charge on any atom is 0.0410 e. The Bertz CT molecular complexity index is 291. The summed E-state index contributed by atoms with van der Waals surface area (Å²) in [4.78, 5) is 3.94. The molecule has 3 heteroatoms. The second-order valence-electron chi connectivity index (χ2n) is 4.78. The predicted molar refractivity (Wildman–Crippen MR) is 71.0 cm³/mol. The maximum atomic E-state index is 3.61. The Morgan fingerprint density at radius 1 is 1.56 bits per heavy atom. The minimum atomic E-state index is 0.545. The van der Waals surface area contributed by atoms with Gasteiger partial charge in [-0.3, -0.25) is 4.90 Å². The molecule has 16 heavy (non-hydrogen) atoms. The molecule has 1 N–H and O–H groups in total. The van der Waals surface area contributed by atoms with Crippen molar-refractivity contribution in [3.63, 3.8) is 0 Å². The van der Waals surface area contributed by atoms with Crippen molar-refractivity contribution < 1.29 is 0 Å². The normalized spacial score (nSPS) is 23.6. The first-order valence-corrected chi connectivity index (χ1v) is 7.12. The molecule has 0 saturated carbocycles. The highest BCUT2D eigenvalue weighted by molar-refractivity contribution is 7.10. The molecule has 0 bridgehead atoms. The number of nitrogens with one attached hydrogen (secondary N) is 1. The first-order chi connectivity index (χ1) is 7.77. The van der Waals surface area contributed by atoms with E-state index in [1.165, 1.54) is 37.2 Å². The monoisotopic (exact) mass is 238 g/mol. The van der Waals surface area contributed by atoms with Crippen molar-refractivity contribution >= 4 is 11.3 Å². The molecule has 0 spiro atoms.